The number of esters is 2. The summed E-state index contributed by atoms with van der Waals surface area (Å²) in [5.41, 5.74) is 0. The Balaban J connectivity index is 4.17. The van der Waals surface area contributed by atoms with Gasteiger partial charge in [0.2, 0.25) is 0 Å². The van der Waals surface area contributed by atoms with Crippen molar-refractivity contribution in [3.8, 4) is 0 Å². The number of allylic oxidation sites excluding steroid dienone is 4. The highest BCUT2D eigenvalue weighted by atomic mass is 32.1. The molecule has 0 aromatic heterocycles. The SMILES string of the molecule is CCCCCCCC/C=C\CCCCCCCCN(CCCCCCCC/C=C\CCCCCCCC)C(CS)C(=O)OC(=O)CC. The van der Waals surface area contributed by atoms with Crippen LogP contribution in [0.1, 0.15) is 207 Å². The van der Waals surface area contributed by atoms with Crippen molar-refractivity contribution in [3.05, 3.63) is 24.3 Å². The third kappa shape index (κ3) is 31.9. The molecule has 0 rings (SSSR count). The first-order valence-electron chi connectivity index (χ1n) is 20.5. The largest absolute Gasteiger partial charge is 0.392 e. The zero-order valence-electron chi connectivity index (χ0n) is 31.6. The predicted octanol–water partition coefficient (Wildman–Crippen LogP) is 13.1. The van der Waals surface area contributed by atoms with Gasteiger partial charge in [-0.1, -0.05) is 161 Å². The first-order valence-corrected chi connectivity index (χ1v) is 21.1. The van der Waals surface area contributed by atoms with E-state index in [2.05, 4.69) is 55.7 Å². The maximum absolute atomic E-state index is 12.8. The highest BCUT2D eigenvalue weighted by Gasteiger charge is 2.27. The van der Waals surface area contributed by atoms with Crippen molar-refractivity contribution in [2.24, 2.45) is 0 Å². The molecule has 0 fully saturated rings. The summed E-state index contributed by atoms with van der Waals surface area (Å²) in [6, 6.07) is -0.444. The number of rotatable bonds is 36. The molecule has 0 aromatic carbocycles. The molecule has 0 saturated heterocycles. The van der Waals surface area contributed by atoms with Gasteiger partial charge in [-0.25, -0.2) is 4.79 Å². The lowest BCUT2D eigenvalue weighted by atomic mass is 10.1. The Hall–Kier alpha value is -1.07. The second-order valence-electron chi connectivity index (χ2n) is 13.8. The number of nitrogens with zero attached hydrogens (tertiary/aromatic N) is 1. The van der Waals surface area contributed by atoms with Gasteiger partial charge >= 0.3 is 11.9 Å². The fourth-order valence-electron chi connectivity index (χ4n) is 6.14. The molecule has 0 spiro atoms. The van der Waals surface area contributed by atoms with Gasteiger partial charge in [-0.15, -0.1) is 0 Å². The molecule has 1 unspecified atom stereocenters. The Morgan fingerprint density at radius 1 is 0.511 bits per heavy atom. The lowest BCUT2D eigenvalue weighted by Gasteiger charge is -2.29. The van der Waals surface area contributed by atoms with E-state index < -0.39 is 18.0 Å². The van der Waals surface area contributed by atoms with Crippen LogP contribution in [0, 0.1) is 0 Å². The fraction of sp³-hybridized carbons (Fsp3) is 0.857. The van der Waals surface area contributed by atoms with E-state index in [1.807, 2.05) is 0 Å². The van der Waals surface area contributed by atoms with Gasteiger partial charge in [-0.05, 0) is 77.3 Å². The first kappa shape index (κ1) is 45.9. The van der Waals surface area contributed by atoms with Crippen molar-refractivity contribution in [1.82, 2.24) is 4.90 Å². The molecule has 5 heteroatoms. The lowest BCUT2D eigenvalue weighted by molar-refractivity contribution is -0.162. The van der Waals surface area contributed by atoms with Gasteiger partial charge in [0.15, 0.2) is 0 Å². The van der Waals surface area contributed by atoms with Crippen LogP contribution in [0.4, 0.5) is 0 Å². The standard InChI is InChI=1S/C42H79NO3S/c1-4-7-9-11-13-15-17-19-21-23-25-27-29-31-33-35-37-43(40(39-47)42(45)46-41(44)6-3)38-36-34-32-30-28-26-24-22-20-18-16-14-12-10-8-5-2/h19-22,40,47H,4-18,23-39H2,1-3H3/b21-19-,22-20-. The minimum absolute atomic E-state index is 0.217. The minimum atomic E-state index is -0.448. The smallest absolute Gasteiger partial charge is 0.331 e. The monoisotopic (exact) mass is 678 g/mol. The predicted molar refractivity (Wildman–Crippen MR) is 210 cm³/mol. The highest BCUT2D eigenvalue weighted by molar-refractivity contribution is 7.80. The molecular formula is C42H79NO3S. The second kappa shape index (κ2) is 37.7. The fourth-order valence-corrected chi connectivity index (χ4v) is 6.52. The maximum atomic E-state index is 12.8. The van der Waals surface area contributed by atoms with Gasteiger partial charge in [0.05, 0.1) is 0 Å². The summed E-state index contributed by atoms with van der Waals surface area (Å²) in [4.78, 5) is 26.8. The summed E-state index contributed by atoms with van der Waals surface area (Å²) < 4.78 is 5.12. The van der Waals surface area contributed by atoms with E-state index in [9.17, 15) is 9.59 Å². The first-order chi connectivity index (χ1) is 23.1. The van der Waals surface area contributed by atoms with E-state index in [1.54, 1.807) is 6.92 Å². The molecule has 1 atom stereocenters. The summed E-state index contributed by atoms with van der Waals surface area (Å²) in [5.74, 6) is -0.494. The van der Waals surface area contributed by atoms with Crippen LogP contribution in [0.15, 0.2) is 24.3 Å². The number of ether oxygens (including phenoxy) is 1. The molecular weight excluding hydrogens is 599 g/mol. The van der Waals surface area contributed by atoms with Crippen molar-refractivity contribution in [2.45, 2.75) is 213 Å². The van der Waals surface area contributed by atoms with Crippen LogP contribution in [-0.4, -0.2) is 41.7 Å². The quantitative estimate of drug-likeness (QED) is 0.0236. The topological polar surface area (TPSA) is 46.6 Å². The summed E-state index contributed by atoms with van der Waals surface area (Å²) in [5, 5.41) is 0. The Morgan fingerprint density at radius 2 is 0.830 bits per heavy atom. The van der Waals surface area contributed by atoms with Crippen molar-refractivity contribution >= 4 is 24.6 Å². The highest BCUT2D eigenvalue weighted by Crippen LogP contribution is 2.15. The molecule has 0 saturated carbocycles. The number of hydrogen-bond donors (Lipinski definition) is 1. The number of carbonyl (C=O) groups is 2. The third-order valence-electron chi connectivity index (χ3n) is 9.30. The molecule has 0 aliphatic rings. The van der Waals surface area contributed by atoms with Gasteiger partial charge < -0.3 is 4.74 Å². The van der Waals surface area contributed by atoms with Gasteiger partial charge in [-0.3, -0.25) is 9.69 Å². The lowest BCUT2D eigenvalue weighted by Crippen LogP contribution is -2.45. The van der Waals surface area contributed by atoms with Gasteiger partial charge in [0.25, 0.3) is 0 Å². The van der Waals surface area contributed by atoms with Crippen LogP contribution in [0.25, 0.3) is 0 Å². The van der Waals surface area contributed by atoms with Crippen molar-refractivity contribution < 1.29 is 14.3 Å². The van der Waals surface area contributed by atoms with Crippen molar-refractivity contribution in [3.63, 3.8) is 0 Å². The minimum Gasteiger partial charge on any atom is -0.392 e. The second-order valence-corrected chi connectivity index (χ2v) is 14.1. The molecule has 4 nitrogen and oxygen atoms in total. The number of carbonyl (C=O) groups excluding carboxylic acids is 2. The van der Waals surface area contributed by atoms with Crippen molar-refractivity contribution in [1.29, 1.82) is 0 Å². The van der Waals surface area contributed by atoms with E-state index in [0.29, 0.717) is 5.75 Å². The Kier molecular flexibility index (Phi) is 36.9. The van der Waals surface area contributed by atoms with Crippen LogP contribution in [0.2, 0.25) is 0 Å². The normalized spacial score (nSPS) is 12.5. The van der Waals surface area contributed by atoms with E-state index in [4.69, 9.17) is 4.74 Å². The number of thiol groups is 1. The number of unbranched alkanes of at least 4 members (excludes halogenated alkanes) is 24. The molecule has 47 heavy (non-hydrogen) atoms. The van der Waals surface area contributed by atoms with E-state index in [0.717, 1.165) is 25.9 Å². The van der Waals surface area contributed by atoms with Crippen LogP contribution in [0.3, 0.4) is 0 Å². The Labute approximate surface area is 299 Å². The van der Waals surface area contributed by atoms with E-state index >= 15 is 0 Å². The Bertz CT molecular complexity index is 695. The van der Waals surface area contributed by atoms with E-state index in [-0.39, 0.29) is 6.42 Å². The molecule has 0 aromatic rings. The molecule has 0 N–H and O–H groups in total. The number of hydrogen-bond acceptors (Lipinski definition) is 5. The summed E-state index contributed by atoms with van der Waals surface area (Å²) >= 11 is 4.49. The van der Waals surface area contributed by atoms with Crippen LogP contribution < -0.4 is 0 Å². The molecule has 276 valence electrons. The Morgan fingerprint density at radius 3 is 1.15 bits per heavy atom. The molecule has 0 amide bonds. The van der Waals surface area contributed by atoms with Crippen LogP contribution >= 0.6 is 12.6 Å². The third-order valence-corrected chi connectivity index (χ3v) is 9.65. The summed E-state index contributed by atoms with van der Waals surface area (Å²) in [7, 11) is 0. The summed E-state index contributed by atoms with van der Waals surface area (Å²) in [6.45, 7) is 8.01. The molecule has 0 radical (unpaired) electrons. The zero-order chi connectivity index (χ0) is 34.5. The van der Waals surface area contributed by atoms with E-state index in [1.165, 1.54) is 167 Å². The van der Waals surface area contributed by atoms with Gasteiger partial charge in [-0.2, -0.15) is 12.6 Å². The van der Waals surface area contributed by atoms with Crippen LogP contribution in [0.5, 0.6) is 0 Å². The molecule has 0 bridgehead atoms. The van der Waals surface area contributed by atoms with Crippen molar-refractivity contribution in [2.75, 3.05) is 18.8 Å². The molecule has 0 heterocycles. The zero-order valence-corrected chi connectivity index (χ0v) is 32.5. The molecule has 0 aliphatic carbocycles. The molecule has 0 aliphatic heterocycles. The van der Waals surface area contributed by atoms with Crippen LogP contribution in [-0.2, 0) is 14.3 Å². The van der Waals surface area contributed by atoms with Gasteiger partial charge in [0.1, 0.15) is 6.04 Å². The average molecular weight is 678 g/mol. The van der Waals surface area contributed by atoms with Gasteiger partial charge in [0, 0.05) is 12.2 Å². The maximum Gasteiger partial charge on any atom is 0.331 e. The summed E-state index contributed by atoms with van der Waals surface area (Å²) in [6.07, 6.45) is 45.9. The average Bonchev–Trinajstić information content (AvgIpc) is 3.07.